The van der Waals surface area contributed by atoms with E-state index in [1.807, 2.05) is 0 Å². The van der Waals surface area contributed by atoms with Crippen LogP contribution in [0.15, 0.2) is 0 Å². The lowest BCUT2D eigenvalue weighted by Gasteiger charge is -2.37. The van der Waals surface area contributed by atoms with Gasteiger partial charge in [0, 0.05) is 25.7 Å². The fourth-order valence-corrected chi connectivity index (χ4v) is 3.27. The van der Waals surface area contributed by atoms with Crippen molar-refractivity contribution in [3.63, 3.8) is 0 Å². The van der Waals surface area contributed by atoms with E-state index in [0.717, 1.165) is 12.0 Å². The summed E-state index contributed by atoms with van der Waals surface area (Å²) in [6.07, 6.45) is 8.91. The van der Waals surface area contributed by atoms with Crippen LogP contribution in [0.4, 0.5) is 0 Å². The van der Waals surface area contributed by atoms with Gasteiger partial charge in [-0.3, -0.25) is 4.90 Å². The Morgan fingerprint density at radius 3 is 2.80 bits per heavy atom. The van der Waals surface area contributed by atoms with Crippen molar-refractivity contribution in [1.29, 1.82) is 0 Å². The summed E-state index contributed by atoms with van der Waals surface area (Å²) in [5.74, 6) is 1.12. The highest BCUT2D eigenvalue weighted by molar-refractivity contribution is 4.86. The molecule has 3 aliphatic rings. The summed E-state index contributed by atoms with van der Waals surface area (Å²) in [7, 11) is 0. The van der Waals surface area contributed by atoms with Gasteiger partial charge in [-0.1, -0.05) is 12.8 Å². The summed E-state index contributed by atoms with van der Waals surface area (Å²) in [6.45, 7) is 6.79. The number of hydrogen-bond acceptors (Lipinski definition) is 2. The predicted molar refractivity (Wildman–Crippen MR) is 63.0 cm³/mol. The van der Waals surface area contributed by atoms with E-state index in [4.69, 9.17) is 0 Å². The van der Waals surface area contributed by atoms with Crippen molar-refractivity contribution in [2.45, 2.75) is 44.6 Å². The Morgan fingerprint density at radius 1 is 1.00 bits per heavy atom. The van der Waals surface area contributed by atoms with Crippen LogP contribution in [-0.4, -0.2) is 48.6 Å². The van der Waals surface area contributed by atoms with Crippen molar-refractivity contribution in [2.24, 2.45) is 5.92 Å². The van der Waals surface area contributed by atoms with Gasteiger partial charge in [0.1, 0.15) is 0 Å². The monoisotopic (exact) mass is 208 g/mol. The summed E-state index contributed by atoms with van der Waals surface area (Å²) < 4.78 is 0. The van der Waals surface area contributed by atoms with E-state index in [-0.39, 0.29) is 0 Å². The highest BCUT2D eigenvalue weighted by Crippen LogP contribution is 2.33. The highest BCUT2D eigenvalue weighted by atomic mass is 15.3. The first kappa shape index (κ1) is 10.1. The standard InChI is InChI=1S/C13H24N2/c1(3-12-5-6-12)7-14-9-10-15-8-2-4-13(15)11-14/h12-13H,1-11H2. The minimum absolute atomic E-state index is 0.916. The third-order valence-corrected chi connectivity index (χ3v) is 4.46. The number of rotatable bonds is 4. The summed E-state index contributed by atoms with van der Waals surface area (Å²) >= 11 is 0. The van der Waals surface area contributed by atoms with Crippen molar-refractivity contribution in [1.82, 2.24) is 9.80 Å². The van der Waals surface area contributed by atoms with Gasteiger partial charge in [0.15, 0.2) is 0 Å². The number of hydrogen-bond donors (Lipinski definition) is 0. The second-order valence-corrected chi connectivity index (χ2v) is 5.72. The van der Waals surface area contributed by atoms with Crippen LogP contribution in [0, 0.1) is 5.92 Å². The molecule has 0 aromatic carbocycles. The van der Waals surface area contributed by atoms with E-state index in [0.29, 0.717) is 0 Å². The molecule has 3 rings (SSSR count). The normalized spacial score (nSPS) is 33.2. The molecule has 0 radical (unpaired) electrons. The average Bonchev–Trinajstić information content (AvgIpc) is 2.95. The molecule has 1 saturated carbocycles. The molecule has 2 nitrogen and oxygen atoms in total. The van der Waals surface area contributed by atoms with Crippen LogP contribution in [0.3, 0.4) is 0 Å². The fourth-order valence-electron chi connectivity index (χ4n) is 3.27. The third kappa shape index (κ3) is 2.54. The molecule has 0 bridgehead atoms. The largest absolute Gasteiger partial charge is 0.301 e. The molecular weight excluding hydrogens is 184 g/mol. The predicted octanol–water partition coefficient (Wildman–Crippen LogP) is 1.96. The molecule has 2 saturated heterocycles. The van der Waals surface area contributed by atoms with E-state index in [1.165, 1.54) is 71.2 Å². The first-order chi connectivity index (χ1) is 7.42. The maximum atomic E-state index is 2.72. The minimum atomic E-state index is 0.916. The van der Waals surface area contributed by atoms with Gasteiger partial charge in [-0.15, -0.1) is 0 Å². The van der Waals surface area contributed by atoms with Crippen molar-refractivity contribution < 1.29 is 0 Å². The second-order valence-electron chi connectivity index (χ2n) is 5.72. The van der Waals surface area contributed by atoms with E-state index >= 15 is 0 Å². The maximum Gasteiger partial charge on any atom is 0.0224 e. The lowest BCUT2D eigenvalue weighted by Crippen LogP contribution is -2.50. The van der Waals surface area contributed by atoms with Gasteiger partial charge < -0.3 is 4.90 Å². The first-order valence-electron chi connectivity index (χ1n) is 6.88. The van der Waals surface area contributed by atoms with Crippen molar-refractivity contribution in [3.05, 3.63) is 0 Å². The topological polar surface area (TPSA) is 6.48 Å². The molecule has 2 aliphatic heterocycles. The SMILES string of the molecule is C(CC1CC1)CN1CCN2CCCC2C1. The zero-order chi connectivity index (χ0) is 10.1. The summed E-state index contributed by atoms with van der Waals surface area (Å²) in [5, 5.41) is 0. The molecule has 15 heavy (non-hydrogen) atoms. The van der Waals surface area contributed by atoms with Gasteiger partial charge in [0.05, 0.1) is 0 Å². The molecule has 2 heteroatoms. The number of fused-ring (bicyclic) bond motifs is 1. The van der Waals surface area contributed by atoms with Gasteiger partial charge in [0.25, 0.3) is 0 Å². The Balaban J connectivity index is 1.38. The molecule has 1 aliphatic carbocycles. The third-order valence-electron chi connectivity index (χ3n) is 4.46. The highest BCUT2D eigenvalue weighted by Gasteiger charge is 2.30. The quantitative estimate of drug-likeness (QED) is 0.697. The molecule has 0 aromatic rings. The van der Waals surface area contributed by atoms with E-state index in [9.17, 15) is 0 Å². The summed E-state index contributed by atoms with van der Waals surface area (Å²) in [4.78, 5) is 5.42. The average molecular weight is 208 g/mol. The molecule has 2 heterocycles. The van der Waals surface area contributed by atoms with Gasteiger partial charge >= 0.3 is 0 Å². The molecule has 0 spiro atoms. The van der Waals surface area contributed by atoms with Gasteiger partial charge in [0.2, 0.25) is 0 Å². The summed E-state index contributed by atoms with van der Waals surface area (Å²) in [6, 6.07) is 0.916. The van der Waals surface area contributed by atoms with Crippen LogP contribution in [0.2, 0.25) is 0 Å². The molecular formula is C13H24N2. The molecule has 0 N–H and O–H groups in total. The van der Waals surface area contributed by atoms with Crippen molar-refractivity contribution in [2.75, 3.05) is 32.7 Å². The molecule has 1 unspecified atom stereocenters. The smallest absolute Gasteiger partial charge is 0.0224 e. The molecule has 3 fully saturated rings. The number of nitrogens with zero attached hydrogens (tertiary/aromatic N) is 2. The number of piperazine rings is 1. The van der Waals surface area contributed by atoms with Crippen molar-refractivity contribution in [3.8, 4) is 0 Å². The van der Waals surface area contributed by atoms with Crippen LogP contribution in [-0.2, 0) is 0 Å². The summed E-state index contributed by atoms with van der Waals surface area (Å²) in [5.41, 5.74) is 0. The lowest BCUT2D eigenvalue weighted by molar-refractivity contribution is 0.103. The van der Waals surface area contributed by atoms with Crippen molar-refractivity contribution >= 4 is 0 Å². The molecule has 0 aromatic heterocycles. The van der Waals surface area contributed by atoms with E-state index < -0.39 is 0 Å². The van der Waals surface area contributed by atoms with Crippen LogP contribution < -0.4 is 0 Å². The van der Waals surface area contributed by atoms with Crippen LogP contribution in [0.25, 0.3) is 0 Å². The minimum Gasteiger partial charge on any atom is -0.301 e. The fraction of sp³-hybridized carbons (Fsp3) is 1.00. The van der Waals surface area contributed by atoms with Crippen LogP contribution >= 0.6 is 0 Å². The molecule has 0 amide bonds. The van der Waals surface area contributed by atoms with E-state index in [2.05, 4.69) is 9.80 Å². The van der Waals surface area contributed by atoms with Gasteiger partial charge in [-0.05, 0) is 44.7 Å². The Bertz CT molecular complexity index is 213. The Hall–Kier alpha value is -0.0800. The Morgan fingerprint density at radius 2 is 1.93 bits per heavy atom. The molecule has 86 valence electrons. The first-order valence-corrected chi connectivity index (χ1v) is 6.88. The van der Waals surface area contributed by atoms with Gasteiger partial charge in [-0.2, -0.15) is 0 Å². The zero-order valence-corrected chi connectivity index (χ0v) is 9.83. The Labute approximate surface area is 93.6 Å². The maximum absolute atomic E-state index is 2.72. The van der Waals surface area contributed by atoms with Crippen LogP contribution in [0.1, 0.15) is 38.5 Å². The second kappa shape index (κ2) is 4.42. The van der Waals surface area contributed by atoms with Crippen LogP contribution in [0.5, 0.6) is 0 Å². The lowest BCUT2D eigenvalue weighted by atomic mass is 10.1. The van der Waals surface area contributed by atoms with Gasteiger partial charge in [-0.25, -0.2) is 0 Å². The molecule has 1 atom stereocenters. The Kier molecular flexibility index (Phi) is 2.98. The zero-order valence-electron chi connectivity index (χ0n) is 9.83. The van der Waals surface area contributed by atoms with E-state index in [1.54, 1.807) is 0 Å².